The second-order valence-electron chi connectivity index (χ2n) is 12.2. The van der Waals surface area contributed by atoms with Crippen molar-refractivity contribution in [1.82, 2.24) is 9.80 Å². The Hall–Kier alpha value is -2.97. The van der Waals surface area contributed by atoms with Crippen LogP contribution < -0.4 is 4.74 Å². The molecule has 0 aromatic heterocycles. The Morgan fingerprint density at radius 2 is 2.05 bits per heavy atom. The van der Waals surface area contributed by atoms with E-state index in [1.807, 2.05) is 49.2 Å². The molecule has 2 bridgehead atoms. The molecule has 3 fully saturated rings. The second kappa shape index (κ2) is 8.27. The lowest BCUT2D eigenvalue weighted by molar-refractivity contribution is -0.134. The number of aromatic hydroxyl groups is 1. The number of carbonyl (C=O) groups is 1. The van der Waals surface area contributed by atoms with Gasteiger partial charge in [0.15, 0.2) is 11.5 Å². The number of hydrogen-bond donors (Lipinski definition) is 1. The smallest absolute Gasteiger partial charge is 0.298 e. The maximum absolute atomic E-state index is 13.3. The molecule has 0 radical (unpaired) electrons. The van der Waals surface area contributed by atoms with Gasteiger partial charge in [0.05, 0.1) is 6.04 Å². The summed E-state index contributed by atoms with van der Waals surface area (Å²) < 4.78 is 6.74. The summed E-state index contributed by atoms with van der Waals surface area (Å²) in [6.45, 7) is 6.46. The van der Waals surface area contributed by atoms with E-state index in [2.05, 4.69) is 23.7 Å². The summed E-state index contributed by atoms with van der Waals surface area (Å²) in [5.41, 5.74) is 5.67. The Labute approximate surface area is 219 Å². The summed E-state index contributed by atoms with van der Waals surface area (Å²) in [6.07, 6.45) is 6.66. The van der Waals surface area contributed by atoms with Crippen molar-refractivity contribution in [2.24, 2.45) is 11.8 Å². The van der Waals surface area contributed by atoms with E-state index < -0.39 is 0 Å². The van der Waals surface area contributed by atoms with Crippen LogP contribution in [0.3, 0.4) is 0 Å². The summed E-state index contributed by atoms with van der Waals surface area (Å²) in [5, 5.41) is 11.0. The van der Waals surface area contributed by atoms with Gasteiger partial charge in [-0.2, -0.15) is 0 Å². The van der Waals surface area contributed by atoms with E-state index in [4.69, 9.17) is 4.74 Å². The van der Waals surface area contributed by atoms with Crippen LogP contribution in [0.15, 0.2) is 30.3 Å². The Bertz CT molecular complexity index is 1350. The molecule has 2 aliphatic heterocycles. The van der Waals surface area contributed by atoms with Crippen LogP contribution in [-0.2, 0) is 16.6 Å². The van der Waals surface area contributed by atoms with E-state index in [1.165, 1.54) is 36.1 Å². The molecule has 1 amide bonds. The van der Waals surface area contributed by atoms with Crippen LogP contribution in [0.5, 0.6) is 11.5 Å². The molecule has 2 aromatic carbocycles. The molecule has 192 valence electrons. The minimum Gasteiger partial charge on any atom is -0.504 e. The minimum absolute atomic E-state index is 0.0655. The van der Waals surface area contributed by atoms with Crippen molar-refractivity contribution in [2.45, 2.75) is 76.0 Å². The number of amides is 1. The molecular formula is C32H36N2O3. The number of likely N-dealkylation sites (tertiary alicyclic amines) is 1. The zero-order valence-corrected chi connectivity index (χ0v) is 22.1. The van der Waals surface area contributed by atoms with Crippen LogP contribution in [-0.4, -0.2) is 59.1 Å². The van der Waals surface area contributed by atoms with E-state index >= 15 is 0 Å². The molecule has 5 atom stereocenters. The van der Waals surface area contributed by atoms with E-state index in [1.54, 1.807) is 0 Å². The third-order valence-corrected chi connectivity index (χ3v) is 10.1. The predicted octanol–water partition coefficient (Wildman–Crippen LogP) is 4.34. The van der Waals surface area contributed by atoms with Crippen molar-refractivity contribution in [3.05, 3.63) is 58.1 Å². The van der Waals surface area contributed by atoms with Crippen molar-refractivity contribution in [3.63, 3.8) is 0 Å². The van der Waals surface area contributed by atoms with Crippen molar-refractivity contribution >= 4 is 5.91 Å². The predicted molar refractivity (Wildman–Crippen MR) is 143 cm³/mol. The number of rotatable bonds is 3. The fourth-order valence-corrected chi connectivity index (χ4v) is 8.21. The summed E-state index contributed by atoms with van der Waals surface area (Å²) in [4.78, 5) is 17.9. The number of hydrogen-bond acceptors (Lipinski definition) is 4. The van der Waals surface area contributed by atoms with Crippen molar-refractivity contribution in [2.75, 3.05) is 20.1 Å². The van der Waals surface area contributed by atoms with Crippen LogP contribution in [0.25, 0.3) is 0 Å². The van der Waals surface area contributed by atoms with E-state index in [-0.39, 0.29) is 29.2 Å². The van der Waals surface area contributed by atoms with Gasteiger partial charge in [-0.15, -0.1) is 0 Å². The average Bonchev–Trinajstić information content (AvgIpc) is 3.63. The summed E-state index contributed by atoms with van der Waals surface area (Å²) >= 11 is 0. The third kappa shape index (κ3) is 3.45. The highest BCUT2D eigenvalue weighted by molar-refractivity contribution is 5.94. The molecule has 3 aliphatic carbocycles. The largest absolute Gasteiger partial charge is 0.504 e. The standard InChI is InChI=1S/C32H36N2O3/c1-19-5-4-6-21(15-19)9-12-28(36)33(3)25-11-10-24-26-17-23-20(2)16-27(35)30-29(23)32(24,31(25)37-30)13-14-34(26)18-22-7-8-22/h4-6,15-16,22,24-26,31,35H,7-8,10-11,13-14,17-18H2,1-3H3/t24-,25-,26+,31-,32-/m0/s1. The molecule has 37 heavy (non-hydrogen) atoms. The van der Waals surface area contributed by atoms with Gasteiger partial charge in [0.2, 0.25) is 0 Å². The second-order valence-corrected chi connectivity index (χ2v) is 12.2. The molecule has 5 nitrogen and oxygen atoms in total. The molecule has 1 spiro atoms. The Morgan fingerprint density at radius 1 is 1.22 bits per heavy atom. The highest BCUT2D eigenvalue weighted by Gasteiger charge is 2.66. The molecule has 7 rings (SSSR count). The van der Waals surface area contributed by atoms with E-state index in [9.17, 15) is 9.90 Å². The number of ether oxygens (including phenoxy) is 1. The number of benzene rings is 2. The molecule has 2 aromatic rings. The number of phenols is 1. The summed E-state index contributed by atoms with van der Waals surface area (Å²) in [6, 6.07) is 10.3. The molecule has 2 heterocycles. The van der Waals surface area contributed by atoms with Gasteiger partial charge in [0, 0.05) is 42.1 Å². The molecule has 5 aliphatic rings. The molecule has 0 unspecified atom stereocenters. The molecule has 1 saturated heterocycles. The van der Waals surface area contributed by atoms with Gasteiger partial charge in [-0.3, -0.25) is 9.69 Å². The van der Waals surface area contributed by atoms with Gasteiger partial charge in [-0.1, -0.05) is 18.1 Å². The van der Waals surface area contributed by atoms with Gasteiger partial charge in [-0.05, 0) is 106 Å². The van der Waals surface area contributed by atoms with E-state index in [0.29, 0.717) is 17.7 Å². The monoisotopic (exact) mass is 496 g/mol. The lowest BCUT2D eigenvalue weighted by Gasteiger charge is -2.60. The molecule has 2 saturated carbocycles. The highest BCUT2D eigenvalue weighted by atomic mass is 16.5. The maximum atomic E-state index is 13.3. The number of nitrogens with zero attached hydrogens (tertiary/aromatic N) is 2. The normalized spacial score (nSPS) is 31.1. The van der Waals surface area contributed by atoms with Gasteiger partial charge in [-0.25, -0.2) is 0 Å². The first-order chi connectivity index (χ1) is 17.9. The number of phenolic OH excluding ortho intramolecular Hbond substituents is 1. The van der Waals surface area contributed by atoms with Crippen molar-refractivity contribution in [3.8, 4) is 23.3 Å². The quantitative estimate of drug-likeness (QED) is 0.643. The number of aryl methyl sites for hydroxylation is 2. The first-order valence-electron chi connectivity index (χ1n) is 14.0. The minimum atomic E-state index is -0.167. The average molecular weight is 497 g/mol. The lowest BCUT2D eigenvalue weighted by atomic mass is 9.50. The van der Waals surface area contributed by atoms with Crippen LogP contribution in [0.4, 0.5) is 0 Å². The first-order valence-corrected chi connectivity index (χ1v) is 14.0. The zero-order chi connectivity index (χ0) is 25.5. The van der Waals surface area contributed by atoms with Gasteiger partial charge >= 0.3 is 0 Å². The molecule has 5 heteroatoms. The van der Waals surface area contributed by atoms with Crippen LogP contribution in [0.2, 0.25) is 0 Å². The highest BCUT2D eigenvalue weighted by Crippen LogP contribution is 2.64. The van der Waals surface area contributed by atoms with Gasteiger partial charge < -0.3 is 14.7 Å². The third-order valence-electron chi connectivity index (χ3n) is 10.1. The maximum Gasteiger partial charge on any atom is 0.298 e. The van der Waals surface area contributed by atoms with Crippen LogP contribution >= 0.6 is 0 Å². The van der Waals surface area contributed by atoms with Crippen LogP contribution in [0, 0.1) is 37.5 Å². The first kappa shape index (κ1) is 23.2. The molecular weight excluding hydrogens is 460 g/mol. The summed E-state index contributed by atoms with van der Waals surface area (Å²) in [7, 11) is 1.88. The van der Waals surface area contributed by atoms with Gasteiger partial charge in [0.25, 0.3) is 5.91 Å². The van der Waals surface area contributed by atoms with Crippen LogP contribution in [0.1, 0.15) is 59.9 Å². The van der Waals surface area contributed by atoms with Crippen molar-refractivity contribution in [1.29, 1.82) is 0 Å². The Balaban J connectivity index is 1.25. The number of carbonyl (C=O) groups excluding carboxylic acids is 1. The fourth-order valence-electron chi connectivity index (χ4n) is 8.21. The zero-order valence-electron chi connectivity index (χ0n) is 22.1. The fraction of sp³-hybridized carbons (Fsp3) is 0.531. The molecule has 1 N–H and O–H groups in total. The van der Waals surface area contributed by atoms with Crippen molar-refractivity contribution < 1.29 is 14.6 Å². The lowest BCUT2D eigenvalue weighted by Crippen LogP contribution is -2.69. The van der Waals surface area contributed by atoms with Gasteiger partial charge in [0.1, 0.15) is 6.10 Å². The SMILES string of the molecule is Cc1cccc(C#CC(=O)N(C)[C@H]2CC[C@H]3[C@H]4Cc5c(C)cc(O)c6c5[C@@]3(CCN4CC3CC3)[C@H]2O6)c1. The topological polar surface area (TPSA) is 53.0 Å². The number of piperidine rings is 1. The summed E-state index contributed by atoms with van der Waals surface area (Å²) in [5.74, 6) is 8.10. The Morgan fingerprint density at radius 3 is 2.84 bits per heavy atom. The Kier molecular flexibility index (Phi) is 5.18. The number of likely N-dealkylation sites (N-methyl/N-ethyl adjacent to an activating group) is 1. The van der Waals surface area contributed by atoms with E-state index in [0.717, 1.165) is 49.3 Å².